The molecule has 0 unspecified atom stereocenters. The predicted octanol–water partition coefficient (Wildman–Crippen LogP) is 2.16. The van der Waals surface area contributed by atoms with Crippen molar-refractivity contribution in [3.63, 3.8) is 0 Å². The van der Waals surface area contributed by atoms with Crippen LogP contribution in [0.15, 0.2) is 18.2 Å². The van der Waals surface area contributed by atoms with Crippen molar-refractivity contribution in [3.05, 3.63) is 33.8 Å². The normalized spacial score (nSPS) is 9.69. The number of hydrogen-bond donors (Lipinski definition) is 2. The van der Waals surface area contributed by atoms with Crippen molar-refractivity contribution >= 4 is 29.2 Å². The molecule has 0 atom stereocenters. The number of nitrogens with two attached hydrogens (primary N) is 1. The maximum Gasteiger partial charge on any atom is 0.312 e. The molecule has 0 radical (unpaired) electrons. The highest BCUT2D eigenvalue weighted by Crippen LogP contribution is 2.25. The fourth-order valence-electron chi connectivity index (χ4n) is 0.867. The molecule has 0 aromatic heterocycles. The van der Waals surface area contributed by atoms with E-state index in [0.717, 1.165) is 5.56 Å². The Labute approximate surface area is 85.8 Å². The monoisotopic (exact) mass is 218 g/mol. The predicted molar refractivity (Wildman–Crippen MR) is 52.9 cm³/mol. The second kappa shape index (κ2) is 4.35. The number of urea groups is 1. The first-order chi connectivity index (χ1) is 6.11. The van der Waals surface area contributed by atoms with Crippen molar-refractivity contribution in [2.75, 3.05) is 0 Å². The number of rotatable bonds is 2. The minimum Gasteiger partial charge on any atom is -0.352 e. The molecule has 1 aromatic rings. The van der Waals surface area contributed by atoms with Crippen LogP contribution in [0.5, 0.6) is 0 Å². The molecule has 1 aromatic carbocycles. The topological polar surface area (TPSA) is 55.1 Å². The van der Waals surface area contributed by atoms with Gasteiger partial charge in [0, 0.05) is 6.54 Å². The Kier molecular flexibility index (Phi) is 3.39. The van der Waals surface area contributed by atoms with Gasteiger partial charge in [0.15, 0.2) is 0 Å². The molecule has 0 heterocycles. The summed E-state index contributed by atoms with van der Waals surface area (Å²) in [5.74, 6) is 0. The quantitative estimate of drug-likeness (QED) is 0.786. The van der Waals surface area contributed by atoms with E-state index in [2.05, 4.69) is 5.32 Å². The van der Waals surface area contributed by atoms with Crippen molar-refractivity contribution in [2.45, 2.75) is 6.54 Å². The molecule has 0 aliphatic rings. The lowest BCUT2D eigenvalue weighted by Crippen LogP contribution is -2.28. The first-order valence-corrected chi connectivity index (χ1v) is 4.33. The molecule has 3 nitrogen and oxygen atoms in total. The largest absolute Gasteiger partial charge is 0.352 e. The molecule has 1 rings (SSSR count). The van der Waals surface area contributed by atoms with E-state index in [1.807, 2.05) is 0 Å². The molecule has 0 saturated heterocycles. The maximum atomic E-state index is 10.4. The summed E-state index contributed by atoms with van der Waals surface area (Å²) in [6, 6.07) is 4.62. The molecule has 0 fully saturated rings. The molecule has 0 aliphatic carbocycles. The summed E-state index contributed by atoms with van der Waals surface area (Å²) in [4.78, 5) is 10.4. The lowest BCUT2D eigenvalue weighted by atomic mass is 10.2. The van der Waals surface area contributed by atoms with Crippen molar-refractivity contribution in [3.8, 4) is 0 Å². The molecular formula is C8H8Cl2N2O. The van der Waals surface area contributed by atoms with E-state index in [9.17, 15) is 4.79 Å². The summed E-state index contributed by atoms with van der Waals surface area (Å²) in [6.45, 7) is 0.286. The smallest absolute Gasteiger partial charge is 0.312 e. The van der Waals surface area contributed by atoms with Crippen molar-refractivity contribution in [1.82, 2.24) is 5.32 Å². The van der Waals surface area contributed by atoms with Crippen molar-refractivity contribution < 1.29 is 4.79 Å². The standard InChI is InChI=1S/C8H8Cl2N2O/c9-6-3-1-2-5(7(6)10)4-12-8(11)13/h1-3H,4H2,(H3,11,12,13). The highest BCUT2D eigenvalue weighted by Gasteiger charge is 2.03. The Morgan fingerprint density at radius 3 is 2.77 bits per heavy atom. The number of carbonyl (C=O) groups excluding carboxylic acids is 1. The van der Waals surface area contributed by atoms with E-state index in [1.54, 1.807) is 18.2 Å². The molecule has 0 saturated carbocycles. The zero-order valence-electron chi connectivity index (χ0n) is 6.68. The Morgan fingerprint density at radius 1 is 1.46 bits per heavy atom. The van der Waals surface area contributed by atoms with Gasteiger partial charge in [-0.05, 0) is 11.6 Å². The van der Waals surface area contributed by atoms with Gasteiger partial charge in [-0.2, -0.15) is 0 Å². The molecular weight excluding hydrogens is 211 g/mol. The van der Waals surface area contributed by atoms with E-state index in [1.165, 1.54) is 0 Å². The molecule has 2 amide bonds. The summed E-state index contributed by atoms with van der Waals surface area (Å²) in [5, 5.41) is 3.33. The summed E-state index contributed by atoms with van der Waals surface area (Å²) in [7, 11) is 0. The average Bonchev–Trinajstić information content (AvgIpc) is 2.07. The third-order valence-corrected chi connectivity index (χ3v) is 2.34. The summed E-state index contributed by atoms with van der Waals surface area (Å²) in [5.41, 5.74) is 5.65. The molecule has 0 spiro atoms. The van der Waals surface area contributed by atoms with Crippen LogP contribution in [0.4, 0.5) is 4.79 Å². The van der Waals surface area contributed by atoms with Gasteiger partial charge in [0.1, 0.15) is 0 Å². The Hall–Kier alpha value is -0.930. The Balaban J connectivity index is 2.77. The van der Waals surface area contributed by atoms with Crippen LogP contribution in [0.3, 0.4) is 0 Å². The second-order valence-corrected chi connectivity index (χ2v) is 3.22. The second-order valence-electron chi connectivity index (χ2n) is 2.43. The van der Waals surface area contributed by atoms with Gasteiger partial charge in [0.25, 0.3) is 0 Å². The molecule has 13 heavy (non-hydrogen) atoms. The van der Waals surface area contributed by atoms with E-state index in [4.69, 9.17) is 28.9 Å². The minimum atomic E-state index is -0.587. The van der Waals surface area contributed by atoms with Gasteiger partial charge >= 0.3 is 6.03 Å². The third kappa shape index (κ3) is 2.79. The lowest BCUT2D eigenvalue weighted by Gasteiger charge is -2.05. The van der Waals surface area contributed by atoms with Gasteiger partial charge in [0.05, 0.1) is 10.0 Å². The molecule has 0 aliphatic heterocycles. The molecule has 70 valence electrons. The summed E-state index contributed by atoms with van der Waals surface area (Å²) >= 11 is 11.6. The van der Waals surface area contributed by atoms with Crippen LogP contribution in [0, 0.1) is 0 Å². The van der Waals surface area contributed by atoms with Gasteiger partial charge in [-0.3, -0.25) is 0 Å². The molecule has 5 heteroatoms. The Morgan fingerprint density at radius 2 is 2.15 bits per heavy atom. The minimum absolute atomic E-state index is 0.286. The molecule has 3 N–H and O–H groups in total. The number of hydrogen-bond acceptors (Lipinski definition) is 1. The van der Waals surface area contributed by atoms with Crippen LogP contribution < -0.4 is 11.1 Å². The number of halogens is 2. The zero-order chi connectivity index (χ0) is 9.84. The van der Waals surface area contributed by atoms with Crippen LogP contribution in [0.25, 0.3) is 0 Å². The van der Waals surface area contributed by atoms with Gasteiger partial charge in [-0.1, -0.05) is 35.3 Å². The number of primary amides is 1. The number of benzene rings is 1. The highest BCUT2D eigenvalue weighted by atomic mass is 35.5. The summed E-state index contributed by atoms with van der Waals surface area (Å²) in [6.07, 6.45) is 0. The van der Waals surface area contributed by atoms with Gasteiger partial charge in [0.2, 0.25) is 0 Å². The van der Waals surface area contributed by atoms with Crippen LogP contribution in [0.1, 0.15) is 5.56 Å². The fraction of sp³-hybridized carbons (Fsp3) is 0.125. The Bertz CT molecular complexity index is 328. The average molecular weight is 219 g/mol. The first kappa shape index (κ1) is 10.2. The van der Waals surface area contributed by atoms with E-state index in [0.29, 0.717) is 10.0 Å². The fourth-order valence-corrected chi connectivity index (χ4v) is 1.25. The number of carbonyl (C=O) groups is 1. The zero-order valence-corrected chi connectivity index (χ0v) is 8.19. The van der Waals surface area contributed by atoms with Crippen LogP contribution >= 0.6 is 23.2 Å². The van der Waals surface area contributed by atoms with Crippen LogP contribution in [0.2, 0.25) is 10.0 Å². The van der Waals surface area contributed by atoms with Crippen molar-refractivity contribution in [1.29, 1.82) is 0 Å². The number of amides is 2. The van der Waals surface area contributed by atoms with Gasteiger partial charge < -0.3 is 11.1 Å². The van der Waals surface area contributed by atoms with E-state index in [-0.39, 0.29) is 6.54 Å². The number of nitrogens with one attached hydrogen (secondary N) is 1. The maximum absolute atomic E-state index is 10.4. The lowest BCUT2D eigenvalue weighted by molar-refractivity contribution is 0.248. The van der Waals surface area contributed by atoms with Gasteiger partial charge in [-0.15, -0.1) is 0 Å². The van der Waals surface area contributed by atoms with Crippen molar-refractivity contribution in [2.24, 2.45) is 5.73 Å². The van der Waals surface area contributed by atoms with Crippen LogP contribution in [-0.4, -0.2) is 6.03 Å². The van der Waals surface area contributed by atoms with E-state index >= 15 is 0 Å². The summed E-state index contributed by atoms with van der Waals surface area (Å²) < 4.78 is 0. The third-order valence-electron chi connectivity index (χ3n) is 1.48. The molecule has 0 bridgehead atoms. The van der Waals surface area contributed by atoms with Crippen LogP contribution in [-0.2, 0) is 6.54 Å². The SMILES string of the molecule is NC(=O)NCc1cccc(Cl)c1Cl. The van der Waals surface area contributed by atoms with Gasteiger partial charge in [-0.25, -0.2) is 4.79 Å². The van der Waals surface area contributed by atoms with E-state index < -0.39 is 6.03 Å². The highest BCUT2D eigenvalue weighted by molar-refractivity contribution is 6.42. The first-order valence-electron chi connectivity index (χ1n) is 3.57.